The topological polar surface area (TPSA) is 68.4 Å². The lowest BCUT2D eigenvalue weighted by Crippen LogP contribution is -2.10. The van der Waals surface area contributed by atoms with Gasteiger partial charge in [0.25, 0.3) is 0 Å². The predicted octanol–water partition coefficient (Wildman–Crippen LogP) is 2.56. The van der Waals surface area contributed by atoms with Crippen LogP contribution in [0.25, 0.3) is 0 Å². The van der Waals surface area contributed by atoms with Gasteiger partial charge in [0.15, 0.2) is 0 Å². The van der Waals surface area contributed by atoms with Crippen LogP contribution in [0.15, 0.2) is 0 Å². The Morgan fingerprint density at radius 3 is 2.30 bits per heavy atom. The monoisotopic (exact) mass is 281 g/mol. The van der Waals surface area contributed by atoms with Crippen molar-refractivity contribution >= 4 is 11.9 Å². The first-order valence-corrected chi connectivity index (χ1v) is 7.08. The molecule has 0 bridgehead atoms. The van der Waals surface area contributed by atoms with E-state index in [-0.39, 0.29) is 18.4 Å². The summed E-state index contributed by atoms with van der Waals surface area (Å²) in [6.07, 6.45) is 1.55. The summed E-state index contributed by atoms with van der Waals surface area (Å²) in [6, 6.07) is 0. The first kappa shape index (κ1) is 16.3. The van der Waals surface area contributed by atoms with Gasteiger partial charge in [-0.05, 0) is 44.7 Å². The van der Waals surface area contributed by atoms with Crippen LogP contribution >= 0.6 is 0 Å². The molecule has 0 saturated carbocycles. The molecule has 1 aromatic rings. The molecule has 0 amide bonds. The van der Waals surface area contributed by atoms with E-state index in [4.69, 9.17) is 9.47 Å². The fourth-order valence-electron chi connectivity index (χ4n) is 2.19. The summed E-state index contributed by atoms with van der Waals surface area (Å²) in [5.74, 6) is -0.616. The Bertz CT molecular complexity index is 476. The Labute approximate surface area is 119 Å². The molecule has 5 heteroatoms. The van der Waals surface area contributed by atoms with Crippen molar-refractivity contribution in [3.63, 3.8) is 0 Å². The molecule has 20 heavy (non-hydrogen) atoms. The van der Waals surface area contributed by atoms with Gasteiger partial charge in [-0.2, -0.15) is 0 Å². The van der Waals surface area contributed by atoms with Crippen molar-refractivity contribution in [1.82, 2.24) is 4.98 Å². The Morgan fingerprint density at radius 1 is 1.10 bits per heavy atom. The minimum Gasteiger partial charge on any atom is -0.466 e. The zero-order chi connectivity index (χ0) is 15.1. The number of H-pyrrole nitrogens is 1. The molecule has 0 fully saturated rings. The third-order valence-corrected chi connectivity index (χ3v) is 3.20. The number of aromatic nitrogens is 1. The molecule has 112 valence electrons. The Balaban J connectivity index is 2.94. The van der Waals surface area contributed by atoms with Crippen LogP contribution < -0.4 is 0 Å². The third kappa shape index (κ3) is 3.85. The van der Waals surface area contributed by atoms with Gasteiger partial charge in [0.05, 0.1) is 13.2 Å². The summed E-state index contributed by atoms with van der Waals surface area (Å²) in [4.78, 5) is 26.5. The highest BCUT2D eigenvalue weighted by molar-refractivity contribution is 5.90. The normalized spacial score (nSPS) is 10.4. The third-order valence-electron chi connectivity index (χ3n) is 3.20. The summed E-state index contributed by atoms with van der Waals surface area (Å²) < 4.78 is 9.97. The number of ether oxygens (including phenoxy) is 2. The van der Waals surface area contributed by atoms with Crippen LogP contribution in [0.5, 0.6) is 0 Å². The number of carbonyl (C=O) groups is 2. The maximum atomic E-state index is 11.9. The average Bonchev–Trinajstić information content (AvgIpc) is 2.73. The van der Waals surface area contributed by atoms with Gasteiger partial charge < -0.3 is 14.5 Å². The number of nitrogens with one attached hydrogen (secondary N) is 1. The minimum atomic E-state index is -0.367. The Kier molecular flexibility index (Phi) is 6.28. The SMILES string of the molecule is CCOC(=O)CCc1c(C(=O)OCC)[nH]c(CC)c1C. The van der Waals surface area contributed by atoms with Gasteiger partial charge in [0.2, 0.25) is 0 Å². The molecule has 0 aliphatic rings. The zero-order valence-electron chi connectivity index (χ0n) is 12.7. The highest BCUT2D eigenvalue weighted by atomic mass is 16.5. The number of aromatic amines is 1. The maximum Gasteiger partial charge on any atom is 0.355 e. The summed E-state index contributed by atoms with van der Waals surface area (Å²) in [5.41, 5.74) is 3.35. The van der Waals surface area contributed by atoms with E-state index in [0.29, 0.717) is 25.3 Å². The number of rotatable bonds is 7. The molecule has 0 radical (unpaired) electrons. The van der Waals surface area contributed by atoms with E-state index in [0.717, 1.165) is 23.2 Å². The van der Waals surface area contributed by atoms with Gasteiger partial charge in [-0.25, -0.2) is 4.79 Å². The van der Waals surface area contributed by atoms with Crippen LogP contribution in [-0.4, -0.2) is 30.1 Å². The molecule has 0 aliphatic heterocycles. The number of aryl methyl sites for hydroxylation is 1. The van der Waals surface area contributed by atoms with Crippen LogP contribution in [0.3, 0.4) is 0 Å². The molecule has 1 N–H and O–H groups in total. The highest BCUT2D eigenvalue weighted by Gasteiger charge is 2.20. The molecule has 5 nitrogen and oxygen atoms in total. The highest BCUT2D eigenvalue weighted by Crippen LogP contribution is 2.21. The number of carbonyl (C=O) groups excluding carboxylic acids is 2. The molecule has 1 heterocycles. The predicted molar refractivity (Wildman–Crippen MR) is 75.8 cm³/mol. The van der Waals surface area contributed by atoms with E-state index in [1.807, 2.05) is 13.8 Å². The van der Waals surface area contributed by atoms with Crippen LogP contribution in [0.4, 0.5) is 0 Å². The standard InChI is InChI=1S/C15H23NO4/c1-5-12-10(4)11(8-9-13(17)19-6-2)14(16-12)15(18)20-7-3/h16H,5-9H2,1-4H3. The van der Waals surface area contributed by atoms with Crippen molar-refractivity contribution in [2.45, 2.75) is 47.0 Å². The molecule has 0 aliphatic carbocycles. The van der Waals surface area contributed by atoms with E-state index >= 15 is 0 Å². The first-order chi connectivity index (χ1) is 9.54. The number of esters is 2. The van der Waals surface area contributed by atoms with Gasteiger partial charge in [0.1, 0.15) is 5.69 Å². The Hall–Kier alpha value is -1.78. The lowest BCUT2D eigenvalue weighted by Gasteiger charge is -2.05. The lowest BCUT2D eigenvalue weighted by atomic mass is 10.0. The first-order valence-electron chi connectivity index (χ1n) is 7.08. The zero-order valence-corrected chi connectivity index (χ0v) is 12.7. The maximum absolute atomic E-state index is 11.9. The van der Waals surface area contributed by atoms with Crippen molar-refractivity contribution in [3.05, 3.63) is 22.5 Å². The van der Waals surface area contributed by atoms with Crippen molar-refractivity contribution in [2.75, 3.05) is 13.2 Å². The molecule has 0 aromatic carbocycles. The van der Waals surface area contributed by atoms with Gasteiger partial charge in [-0.3, -0.25) is 4.79 Å². The largest absolute Gasteiger partial charge is 0.466 e. The quantitative estimate of drug-likeness (QED) is 0.780. The summed E-state index contributed by atoms with van der Waals surface area (Å²) in [6.45, 7) is 8.22. The molecule has 0 atom stereocenters. The summed E-state index contributed by atoms with van der Waals surface area (Å²) in [5, 5.41) is 0. The van der Waals surface area contributed by atoms with Crippen LogP contribution in [-0.2, 0) is 27.1 Å². The number of hydrogen-bond acceptors (Lipinski definition) is 4. The molecule has 0 spiro atoms. The fraction of sp³-hybridized carbons (Fsp3) is 0.600. The molecular formula is C15H23NO4. The number of hydrogen-bond donors (Lipinski definition) is 1. The van der Waals surface area contributed by atoms with Gasteiger partial charge in [-0.1, -0.05) is 6.92 Å². The van der Waals surface area contributed by atoms with E-state index in [2.05, 4.69) is 4.98 Å². The van der Waals surface area contributed by atoms with E-state index in [1.54, 1.807) is 13.8 Å². The molecule has 1 rings (SSSR count). The van der Waals surface area contributed by atoms with E-state index in [9.17, 15) is 9.59 Å². The lowest BCUT2D eigenvalue weighted by molar-refractivity contribution is -0.143. The second-order valence-corrected chi connectivity index (χ2v) is 4.46. The second kappa shape index (κ2) is 7.72. The van der Waals surface area contributed by atoms with E-state index < -0.39 is 0 Å². The van der Waals surface area contributed by atoms with Gasteiger partial charge in [-0.15, -0.1) is 0 Å². The summed E-state index contributed by atoms with van der Waals surface area (Å²) in [7, 11) is 0. The second-order valence-electron chi connectivity index (χ2n) is 4.46. The van der Waals surface area contributed by atoms with Gasteiger partial charge >= 0.3 is 11.9 Å². The molecule has 1 aromatic heterocycles. The fourth-order valence-corrected chi connectivity index (χ4v) is 2.19. The molecule has 0 saturated heterocycles. The van der Waals surface area contributed by atoms with Crippen molar-refractivity contribution in [1.29, 1.82) is 0 Å². The van der Waals surface area contributed by atoms with Crippen molar-refractivity contribution in [3.8, 4) is 0 Å². The Morgan fingerprint density at radius 2 is 1.75 bits per heavy atom. The summed E-state index contributed by atoms with van der Waals surface area (Å²) >= 11 is 0. The van der Waals surface area contributed by atoms with Crippen LogP contribution in [0, 0.1) is 6.92 Å². The van der Waals surface area contributed by atoms with Crippen LogP contribution in [0.2, 0.25) is 0 Å². The molecule has 0 unspecified atom stereocenters. The smallest absolute Gasteiger partial charge is 0.355 e. The molecular weight excluding hydrogens is 258 g/mol. The average molecular weight is 281 g/mol. The van der Waals surface area contributed by atoms with Gasteiger partial charge in [0, 0.05) is 12.1 Å². The van der Waals surface area contributed by atoms with Crippen molar-refractivity contribution in [2.24, 2.45) is 0 Å². The minimum absolute atomic E-state index is 0.249. The van der Waals surface area contributed by atoms with Crippen molar-refractivity contribution < 1.29 is 19.1 Å². The van der Waals surface area contributed by atoms with E-state index in [1.165, 1.54) is 0 Å². The van der Waals surface area contributed by atoms with Crippen LogP contribution in [0.1, 0.15) is 54.5 Å².